The second kappa shape index (κ2) is 2.82. The van der Waals surface area contributed by atoms with E-state index in [1.54, 1.807) is 6.07 Å². The first kappa shape index (κ1) is 7.92. The topological polar surface area (TPSA) is 64.2 Å². The van der Waals surface area contributed by atoms with E-state index in [0.717, 1.165) is 12.2 Å². The van der Waals surface area contributed by atoms with E-state index in [9.17, 15) is 4.39 Å². The fourth-order valence-corrected chi connectivity index (χ4v) is 0.791. The molecule has 1 aliphatic carbocycles. The second-order valence-corrected chi connectivity index (χ2v) is 2.18. The van der Waals surface area contributed by atoms with Crippen LogP contribution in [0.3, 0.4) is 0 Å². The lowest BCUT2D eigenvalue weighted by Crippen LogP contribution is -2.29. The zero-order valence-electron chi connectivity index (χ0n) is 5.53. The van der Waals surface area contributed by atoms with E-state index in [0.29, 0.717) is 0 Å². The summed E-state index contributed by atoms with van der Waals surface area (Å²) in [5, 5.41) is 26.2. The Balaban J connectivity index is 2.95. The van der Waals surface area contributed by atoms with E-state index >= 15 is 0 Å². The highest BCUT2D eigenvalue weighted by Gasteiger charge is 2.27. The Morgan fingerprint density at radius 3 is 2.55 bits per heavy atom. The number of hydrogen-bond acceptors (Lipinski definition) is 3. The lowest BCUT2D eigenvalue weighted by Gasteiger charge is -2.17. The summed E-state index contributed by atoms with van der Waals surface area (Å²) in [5.74, 6) is -0.823. The van der Waals surface area contributed by atoms with Gasteiger partial charge in [-0.1, -0.05) is 0 Å². The van der Waals surface area contributed by atoms with Gasteiger partial charge in [-0.15, -0.1) is 0 Å². The van der Waals surface area contributed by atoms with Gasteiger partial charge in [0.25, 0.3) is 0 Å². The van der Waals surface area contributed by atoms with Crippen LogP contribution in [0.4, 0.5) is 4.39 Å². The van der Waals surface area contributed by atoms with Crippen LogP contribution in [0.2, 0.25) is 0 Å². The summed E-state index contributed by atoms with van der Waals surface area (Å²) in [4.78, 5) is 0. The standard InChI is InChI=1S/C7H6FNO2/c8-5-2-1-4(3-9)6(10)7(5)11/h1-2,6-7,10-11H/t6-,7+/m1/s1. The molecular weight excluding hydrogens is 149 g/mol. The fourth-order valence-electron chi connectivity index (χ4n) is 0.791. The number of halogens is 1. The number of nitrogens with zero attached hydrogens (tertiary/aromatic N) is 1. The van der Waals surface area contributed by atoms with E-state index in [-0.39, 0.29) is 5.57 Å². The van der Waals surface area contributed by atoms with Gasteiger partial charge in [0.2, 0.25) is 0 Å². The summed E-state index contributed by atoms with van der Waals surface area (Å²) >= 11 is 0. The van der Waals surface area contributed by atoms with Gasteiger partial charge < -0.3 is 10.2 Å². The predicted molar refractivity (Wildman–Crippen MR) is 34.9 cm³/mol. The van der Waals surface area contributed by atoms with Gasteiger partial charge in [0.15, 0.2) is 0 Å². The number of aliphatic hydroxyl groups excluding tert-OH is 2. The van der Waals surface area contributed by atoms with Crippen LogP contribution in [-0.4, -0.2) is 22.4 Å². The molecule has 0 saturated heterocycles. The van der Waals surface area contributed by atoms with Crippen molar-refractivity contribution in [1.82, 2.24) is 0 Å². The van der Waals surface area contributed by atoms with Gasteiger partial charge in [0.05, 0.1) is 11.6 Å². The Labute approximate surface area is 62.7 Å². The van der Waals surface area contributed by atoms with Crippen LogP contribution >= 0.6 is 0 Å². The number of nitriles is 1. The van der Waals surface area contributed by atoms with Gasteiger partial charge in [-0.2, -0.15) is 5.26 Å². The average molecular weight is 155 g/mol. The van der Waals surface area contributed by atoms with E-state index < -0.39 is 18.0 Å². The minimum absolute atomic E-state index is 0.0288. The van der Waals surface area contributed by atoms with E-state index in [1.165, 1.54) is 0 Å². The van der Waals surface area contributed by atoms with Crippen molar-refractivity contribution in [1.29, 1.82) is 5.26 Å². The average Bonchev–Trinajstić information content (AvgIpc) is 2.01. The highest BCUT2D eigenvalue weighted by atomic mass is 19.1. The minimum Gasteiger partial charge on any atom is -0.384 e. The minimum atomic E-state index is -1.59. The zero-order chi connectivity index (χ0) is 8.43. The number of hydrogen-bond donors (Lipinski definition) is 2. The third-order valence-electron chi connectivity index (χ3n) is 1.45. The third-order valence-corrected chi connectivity index (χ3v) is 1.45. The van der Waals surface area contributed by atoms with Crippen molar-refractivity contribution in [3.63, 3.8) is 0 Å². The molecule has 2 N–H and O–H groups in total. The molecule has 0 amide bonds. The molecule has 1 aliphatic rings. The first-order valence-electron chi connectivity index (χ1n) is 3.00. The summed E-state index contributed by atoms with van der Waals surface area (Å²) in [7, 11) is 0. The third kappa shape index (κ3) is 1.29. The maximum atomic E-state index is 12.4. The molecule has 0 unspecified atom stereocenters. The van der Waals surface area contributed by atoms with Crippen molar-refractivity contribution >= 4 is 0 Å². The van der Waals surface area contributed by atoms with Crippen LogP contribution in [0.15, 0.2) is 23.6 Å². The van der Waals surface area contributed by atoms with Crippen LogP contribution in [0.25, 0.3) is 0 Å². The number of rotatable bonds is 0. The van der Waals surface area contributed by atoms with E-state index in [1.807, 2.05) is 0 Å². The molecule has 1 rings (SSSR count). The number of allylic oxidation sites excluding steroid dienone is 2. The monoisotopic (exact) mass is 155 g/mol. The molecule has 2 atom stereocenters. The lowest BCUT2D eigenvalue weighted by atomic mass is 10.00. The molecule has 58 valence electrons. The van der Waals surface area contributed by atoms with Crippen molar-refractivity contribution in [2.24, 2.45) is 0 Å². The molecule has 0 saturated carbocycles. The zero-order valence-corrected chi connectivity index (χ0v) is 5.53. The Kier molecular flexibility index (Phi) is 2.03. The van der Waals surface area contributed by atoms with Crippen LogP contribution in [0.1, 0.15) is 0 Å². The molecule has 0 aromatic heterocycles. The van der Waals surface area contributed by atoms with Gasteiger partial charge in [0.1, 0.15) is 18.0 Å². The molecule has 11 heavy (non-hydrogen) atoms. The van der Waals surface area contributed by atoms with Crippen molar-refractivity contribution in [3.8, 4) is 6.07 Å². The Bertz CT molecular complexity index is 264. The molecule has 0 aromatic carbocycles. The van der Waals surface area contributed by atoms with Gasteiger partial charge in [0, 0.05) is 0 Å². The highest BCUT2D eigenvalue weighted by molar-refractivity contribution is 5.36. The van der Waals surface area contributed by atoms with Gasteiger partial charge in [-0.05, 0) is 12.2 Å². The van der Waals surface area contributed by atoms with Crippen LogP contribution in [-0.2, 0) is 0 Å². The van der Waals surface area contributed by atoms with Gasteiger partial charge in [-0.3, -0.25) is 0 Å². The maximum absolute atomic E-state index is 12.4. The van der Waals surface area contributed by atoms with Crippen molar-refractivity contribution in [3.05, 3.63) is 23.6 Å². The second-order valence-electron chi connectivity index (χ2n) is 2.18. The summed E-state index contributed by atoms with van der Waals surface area (Å²) < 4.78 is 12.4. The van der Waals surface area contributed by atoms with Crippen LogP contribution in [0.5, 0.6) is 0 Å². The van der Waals surface area contributed by atoms with Gasteiger partial charge >= 0.3 is 0 Å². The van der Waals surface area contributed by atoms with Crippen molar-refractivity contribution < 1.29 is 14.6 Å². The molecule has 0 radical (unpaired) electrons. The SMILES string of the molecule is N#CC1=CC=C(F)[C@H](O)[C@@H]1O. The van der Waals surface area contributed by atoms with Crippen molar-refractivity contribution in [2.45, 2.75) is 12.2 Å². The Morgan fingerprint density at radius 1 is 1.36 bits per heavy atom. The number of aliphatic hydroxyl groups is 2. The highest BCUT2D eigenvalue weighted by Crippen LogP contribution is 2.19. The molecule has 4 heteroatoms. The quantitative estimate of drug-likeness (QED) is 0.518. The van der Waals surface area contributed by atoms with Crippen LogP contribution < -0.4 is 0 Å². The van der Waals surface area contributed by atoms with E-state index in [4.69, 9.17) is 15.5 Å². The Hall–Kier alpha value is -1.18. The summed E-state index contributed by atoms with van der Waals surface area (Å²) in [6.45, 7) is 0. The largest absolute Gasteiger partial charge is 0.384 e. The summed E-state index contributed by atoms with van der Waals surface area (Å²) in [6, 6.07) is 1.64. The molecular formula is C7H6FNO2. The fraction of sp³-hybridized carbons (Fsp3) is 0.286. The maximum Gasteiger partial charge on any atom is 0.136 e. The summed E-state index contributed by atoms with van der Waals surface area (Å²) in [6.07, 6.45) is -0.900. The van der Waals surface area contributed by atoms with E-state index in [2.05, 4.69) is 0 Å². The summed E-state index contributed by atoms with van der Waals surface area (Å²) in [5.41, 5.74) is -0.0288. The molecule has 3 nitrogen and oxygen atoms in total. The van der Waals surface area contributed by atoms with Gasteiger partial charge in [-0.25, -0.2) is 4.39 Å². The Morgan fingerprint density at radius 2 is 2.00 bits per heavy atom. The molecule has 0 heterocycles. The molecule has 0 fully saturated rings. The van der Waals surface area contributed by atoms with Crippen LogP contribution in [0, 0.1) is 11.3 Å². The van der Waals surface area contributed by atoms with Crippen molar-refractivity contribution in [2.75, 3.05) is 0 Å². The smallest absolute Gasteiger partial charge is 0.136 e. The molecule has 0 aliphatic heterocycles. The first-order chi connectivity index (χ1) is 5.16. The lowest BCUT2D eigenvalue weighted by molar-refractivity contribution is 0.0521. The molecule has 0 bridgehead atoms. The normalized spacial score (nSPS) is 30.4. The molecule has 0 spiro atoms. The predicted octanol–water partition coefficient (Wildman–Crippen LogP) is 0.0252. The molecule has 0 aromatic rings. The first-order valence-corrected chi connectivity index (χ1v) is 3.00.